The average Bonchev–Trinajstić information content (AvgIpc) is 2.60. The lowest BCUT2D eigenvalue weighted by Crippen LogP contribution is -2.51. The van der Waals surface area contributed by atoms with E-state index >= 15 is 0 Å². The van der Waals surface area contributed by atoms with E-state index in [2.05, 4.69) is 4.74 Å². The minimum Gasteiger partial charge on any atom is -0.465 e. The number of halogens is 1. The van der Waals surface area contributed by atoms with Gasteiger partial charge >= 0.3 is 5.97 Å². The second-order valence-electron chi connectivity index (χ2n) is 5.41. The largest absolute Gasteiger partial charge is 0.465 e. The summed E-state index contributed by atoms with van der Waals surface area (Å²) in [5.41, 5.74) is 5.95. The summed E-state index contributed by atoms with van der Waals surface area (Å²) in [6.07, 6.45) is 1.18. The summed E-state index contributed by atoms with van der Waals surface area (Å²) in [7, 11) is -0.862. The maximum absolute atomic E-state index is 12.9. The van der Waals surface area contributed by atoms with E-state index in [0.29, 0.717) is 19.4 Å². The van der Waals surface area contributed by atoms with Gasteiger partial charge in [0.15, 0.2) is 0 Å². The van der Waals surface area contributed by atoms with Gasteiger partial charge in [-0.15, -0.1) is 12.4 Å². The second-order valence-corrected chi connectivity index (χ2v) is 7.30. The van der Waals surface area contributed by atoms with Crippen molar-refractivity contribution in [3.05, 3.63) is 29.8 Å². The molecule has 1 aromatic rings. The Morgan fingerprint density at radius 2 is 2.08 bits per heavy atom. The summed E-state index contributed by atoms with van der Waals surface area (Å²) in [5.74, 6) is -0.574. The highest BCUT2D eigenvalue weighted by Crippen LogP contribution is 2.26. The number of hydrogen-bond donors (Lipinski definition) is 1. The fourth-order valence-electron chi connectivity index (χ4n) is 2.77. The number of benzene rings is 1. The van der Waals surface area contributed by atoms with Gasteiger partial charge in [-0.25, -0.2) is 13.2 Å². The Morgan fingerprint density at radius 3 is 2.67 bits per heavy atom. The summed E-state index contributed by atoms with van der Waals surface area (Å²) < 4.78 is 37.1. The summed E-state index contributed by atoms with van der Waals surface area (Å²) in [6.45, 7) is 0.556. The molecule has 9 heteroatoms. The van der Waals surface area contributed by atoms with Crippen LogP contribution in [0.4, 0.5) is 0 Å². The predicted octanol–water partition coefficient (Wildman–Crippen LogP) is 1.02. The maximum atomic E-state index is 12.9. The third-order valence-electron chi connectivity index (χ3n) is 4.08. The van der Waals surface area contributed by atoms with Crippen molar-refractivity contribution in [1.29, 1.82) is 0 Å². The average molecular weight is 379 g/mol. The Kier molecular flexibility index (Phi) is 7.62. The Labute approximate surface area is 148 Å². The van der Waals surface area contributed by atoms with E-state index in [1.54, 1.807) is 7.11 Å². The fraction of sp³-hybridized carbons (Fsp3) is 0.533. The van der Waals surface area contributed by atoms with Crippen LogP contribution in [-0.2, 0) is 19.5 Å². The molecule has 136 valence electrons. The number of piperidine rings is 1. The molecule has 0 spiro atoms. The van der Waals surface area contributed by atoms with Crippen LogP contribution in [0.15, 0.2) is 29.2 Å². The number of esters is 1. The summed E-state index contributed by atoms with van der Waals surface area (Å²) in [4.78, 5) is 11.7. The molecule has 1 aliphatic rings. The molecule has 1 fully saturated rings. The summed E-state index contributed by atoms with van der Waals surface area (Å²) in [6, 6.07) is 5.52. The van der Waals surface area contributed by atoms with Crippen LogP contribution in [0.2, 0.25) is 0 Å². The van der Waals surface area contributed by atoms with Gasteiger partial charge in [-0.2, -0.15) is 4.31 Å². The smallest absolute Gasteiger partial charge is 0.337 e. The van der Waals surface area contributed by atoms with Gasteiger partial charge in [-0.3, -0.25) is 0 Å². The lowest BCUT2D eigenvalue weighted by atomic mass is 10.0. The zero-order valence-electron chi connectivity index (χ0n) is 13.7. The van der Waals surface area contributed by atoms with Crippen molar-refractivity contribution in [3.63, 3.8) is 0 Å². The molecule has 1 saturated heterocycles. The highest BCUT2D eigenvalue weighted by atomic mass is 35.5. The van der Waals surface area contributed by atoms with Gasteiger partial charge in [0.25, 0.3) is 0 Å². The Morgan fingerprint density at radius 1 is 1.38 bits per heavy atom. The molecule has 1 aliphatic heterocycles. The van der Waals surface area contributed by atoms with E-state index in [-0.39, 0.29) is 41.6 Å². The molecule has 0 aliphatic carbocycles. The molecule has 1 heterocycles. The standard InChI is InChI=1S/C15H22N2O5S.ClH/c1-21-13-6-7-17(12(9-13)10-16)23(19,20)14-5-3-4-11(8-14)15(18)22-2;/h3-5,8,12-13H,6-7,9-10,16H2,1-2H3;1H. The monoisotopic (exact) mass is 378 g/mol. The molecule has 7 nitrogen and oxygen atoms in total. The van der Waals surface area contributed by atoms with Gasteiger partial charge in [0.1, 0.15) is 0 Å². The maximum Gasteiger partial charge on any atom is 0.337 e. The predicted molar refractivity (Wildman–Crippen MR) is 91.8 cm³/mol. The fourth-order valence-corrected chi connectivity index (χ4v) is 4.48. The van der Waals surface area contributed by atoms with E-state index in [1.807, 2.05) is 0 Å². The van der Waals surface area contributed by atoms with Crippen LogP contribution in [0.25, 0.3) is 0 Å². The first kappa shape index (κ1) is 20.9. The van der Waals surface area contributed by atoms with Gasteiger partial charge in [0.2, 0.25) is 10.0 Å². The summed E-state index contributed by atoms with van der Waals surface area (Å²) >= 11 is 0. The quantitative estimate of drug-likeness (QED) is 0.768. The number of sulfonamides is 1. The van der Waals surface area contributed by atoms with Crippen LogP contribution in [0.1, 0.15) is 23.2 Å². The van der Waals surface area contributed by atoms with Crippen LogP contribution in [0.3, 0.4) is 0 Å². The number of ether oxygens (including phenoxy) is 2. The minimum atomic E-state index is -3.73. The van der Waals surface area contributed by atoms with Crippen molar-refractivity contribution in [2.24, 2.45) is 5.73 Å². The zero-order valence-corrected chi connectivity index (χ0v) is 15.3. The Hall–Kier alpha value is -1.19. The zero-order chi connectivity index (χ0) is 17.0. The lowest BCUT2D eigenvalue weighted by Gasteiger charge is -2.37. The van der Waals surface area contributed by atoms with Gasteiger partial charge < -0.3 is 15.2 Å². The molecule has 2 unspecified atom stereocenters. The van der Waals surface area contributed by atoms with Gasteiger partial charge in [-0.05, 0) is 31.0 Å². The molecule has 0 aromatic heterocycles. The molecule has 0 radical (unpaired) electrons. The van der Waals surface area contributed by atoms with Crippen LogP contribution in [-0.4, -0.2) is 58.1 Å². The molecule has 2 rings (SSSR count). The summed E-state index contributed by atoms with van der Waals surface area (Å²) in [5, 5.41) is 0. The van der Waals surface area contributed by atoms with E-state index in [4.69, 9.17) is 10.5 Å². The molecule has 0 bridgehead atoms. The van der Waals surface area contributed by atoms with Crippen molar-refractivity contribution < 1.29 is 22.7 Å². The molecule has 0 saturated carbocycles. The van der Waals surface area contributed by atoms with Crippen LogP contribution >= 0.6 is 12.4 Å². The first-order chi connectivity index (χ1) is 10.9. The normalized spacial score (nSPS) is 21.8. The molecule has 2 atom stereocenters. The van der Waals surface area contributed by atoms with Gasteiger partial charge in [0, 0.05) is 26.2 Å². The number of carbonyl (C=O) groups excluding carboxylic acids is 1. The van der Waals surface area contributed by atoms with Crippen molar-refractivity contribution >= 4 is 28.4 Å². The number of nitrogens with zero attached hydrogens (tertiary/aromatic N) is 1. The van der Waals surface area contributed by atoms with Gasteiger partial charge in [-0.1, -0.05) is 6.07 Å². The van der Waals surface area contributed by atoms with Crippen LogP contribution < -0.4 is 5.73 Å². The number of hydrogen-bond acceptors (Lipinski definition) is 6. The lowest BCUT2D eigenvalue weighted by molar-refractivity contribution is 0.0401. The molecular formula is C15H23ClN2O5S. The molecular weight excluding hydrogens is 356 g/mol. The number of rotatable bonds is 5. The number of nitrogens with two attached hydrogens (primary N) is 1. The Balaban J connectivity index is 0.00000288. The SMILES string of the molecule is COC(=O)c1cccc(S(=O)(=O)N2CCC(OC)CC2CN)c1.Cl. The first-order valence-electron chi connectivity index (χ1n) is 7.37. The highest BCUT2D eigenvalue weighted by Gasteiger charge is 2.36. The van der Waals surface area contributed by atoms with Crippen molar-refractivity contribution in [3.8, 4) is 0 Å². The molecule has 24 heavy (non-hydrogen) atoms. The third kappa shape index (κ3) is 4.25. The van der Waals surface area contributed by atoms with E-state index in [9.17, 15) is 13.2 Å². The van der Waals surface area contributed by atoms with Gasteiger partial charge in [0.05, 0.1) is 23.7 Å². The molecule has 2 N–H and O–H groups in total. The van der Waals surface area contributed by atoms with E-state index in [0.717, 1.165) is 0 Å². The third-order valence-corrected chi connectivity index (χ3v) is 6.03. The molecule has 0 amide bonds. The number of carbonyl (C=O) groups is 1. The highest BCUT2D eigenvalue weighted by molar-refractivity contribution is 7.89. The minimum absolute atomic E-state index is 0. The Bertz CT molecular complexity index is 668. The van der Waals surface area contributed by atoms with Crippen LogP contribution in [0.5, 0.6) is 0 Å². The number of methoxy groups -OCH3 is 2. The van der Waals surface area contributed by atoms with E-state index < -0.39 is 16.0 Å². The first-order valence-corrected chi connectivity index (χ1v) is 8.81. The molecule has 1 aromatic carbocycles. The second kappa shape index (κ2) is 8.77. The van der Waals surface area contributed by atoms with Crippen molar-refractivity contribution in [2.45, 2.75) is 29.9 Å². The van der Waals surface area contributed by atoms with E-state index in [1.165, 1.54) is 35.7 Å². The van der Waals surface area contributed by atoms with Crippen molar-refractivity contribution in [1.82, 2.24) is 4.31 Å². The van der Waals surface area contributed by atoms with Crippen LogP contribution in [0, 0.1) is 0 Å². The van der Waals surface area contributed by atoms with Crippen molar-refractivity contribution in [2.75, 3.05) is 27.3 Å². The topological polar surface area (TPSA) is 98.9 Å².